The Bertz CT molecular complexity index is 193. The molecule has 1 rings (SSSR count). The van der Waals surface area contributed by atoms with Gasteiger partial charge in [-0.25, -0.2) is 0 Å². The molecule has 1 fully saturated rings. The zero-order valence-corrected chi connectivity index (χ0v) is 9.18. The predicted molar refractivity (Wildman–Crippen MR) is 54.7 cm³/mol. The molecule has 1 N–H and O–H groups in total. The Morgan fingerprint density at radius 1 is 1.46 bits per heavy atom. The van der Waals surface area contributed by atoms with Crippen molar-refractivity contribution in [2.45, 2.75) is 46.6 Å². The van der Waals surface area contributed by atoms with Crippen LogP contribution in [0, 0.1) is 11.3 Å². The number of ketones is 1. The molecule has 0 aromatic carbocycles. The van der Waals surface area contributed by atoms with Crippen LogP contribution in [0.3, 0.4) is 0 Å². The highest BCUT2D eigenvalue weighted by atomic mass is 16.1. The normalized spacial score (nSPS) is 30.6. The van der Waals surface area contributed by atoms with E-state index in [4.69, 9.17) is 0 Å². The highest BCUT2D eigenvalue weighted by Gasteiger charge is 2.27. The van der Waals surface area contributed by atoms with Gasteiger partial charge >= 0.3 is 0 Å². The van der Waals surface area contributed by atoms with Crippen molar-refractivity contribution in [2.24, 2.45) is 11.3 Å². The molecule has 0 spiro atoms. The third-order valence-corrected chi connectivity index (χ3v) is 2.57. The lowest BCUT2D eigenvalue weighted by Crippen LogP contribution is -2.44. The van der Waals surface area contributed by atoms with Crippen molar-refractivity contribution in [3.8, 4) is 0 Å². The van der Waals surface area contributed by atoms with Crippen LogP contribution in [0.25, 0.3) is 0 Å². The Balaban J connectivity index is 2.42. The van der Waals surface area contributed by atoms with E-state index in [9.17, 15) is 4.79 Å². The Kier molecular flexibility index (Phi) is 3.12. The van der Waals surface area contributed by atoms with Crippen molar-refractivity contribution < 1.29 is 4.79 Å². The summed E-state index contributed by atoms with van der Waals surface area (Å²) in [7, 11) is 0. The van der Waals surface area contributed by atoms with Crippen LogP contribution >= 0.6 is 0 Å². The number of carbonyl (C=O) groups excluding carboxylic acids is 1. The molecule has 2 heteroatoms. The van der Waals surface area contributed by atoms with Gasteiger partial charge in [0, 0.05) is 24.9 Å². The highest BCUT2D eigenvalue weighted by molar-refractivity contribution is 5.82. The average molecular weight is 183 g/mol. The summed E-state index contributed by atoms with van der Waals surface area (Å²) in [6.45, 7) is 9.52. The molecule has 1 saturated heterocycles. The number of Topliss-reactive ketones (excluding diaryl/α,β-unsaturated/α-hetero) is 1. The van der Waals surface area contributed by atoms with Gasteiger partial charge in [-0.3, -0.25) is 4.79 Å². The van der Waals surface area contributed by atoms with E-state index in [-0.39, 0.29) is 5.92 Å². The molecule has 2 unspecified atom stereocenters. The molecule has 0 aliphatic carbocycles. The zero-order chi connectivity index (χ0) is 10.1. The van der Waals surface area contributed by atoms with Crippen molar-refractivity contribution >= 4 is 5.78 Å². The lowest BCUT2D eigenvalue weighted by Gasteiger charge is -2.31. The SMILES string of the molecule is CC1CNC(CC(C)(C)C)CC1=O. The van der Waals surface area contributed by atoms with Crippen LogP contribution < -0.4 is 5.32 Å². The van der Waals surface area contributed by atoms with E-state index >= 15 is 0 Å². The Labute approximate surface area is 81.1 Å². The molecule has 0 radical (unpaired) electrons. The van der Waals surface area contributed by atoms with Gasteiger partial charge in [0.25, 0.3) is 0 Å². The van der Waals surface area contributed by atoms with Crippen LogP contribution in [0.4, 0.5) is 0 Å². The molecule has 0 saturated carbocycles. The van der Waals surface area contributed by atoms with Crippen molar-refractivity contribution in [2.75, 3.05) is 6.54 Å². The van der Waals surface area contributed by atoms with Crippen LogP contribution in [0.2, 0.25) is 0 Å². The van der Waals surface area contributed by atoms with Crippen LogP contribution in [-0.2, 0) is 4.79 Å². The van der Waals surface area contributed by atoms with Gasteiger partial charge in [0.05, 0.1) is 0 Å². The first-order valence-corrected chi connectivity index (χ1v) is 5.14. The maximum atomic E-state index is 11.5. The molecule has 13 heavy (non-hydrogen) atoms. The van der Waals surface area contributed by atoms with Gasteiger partial charge < -0.3 is 5.32 Å². The second-order valence-corrected chi connectivity index (χ2v) is 5.44. The van der Waals surface area contributed by atoms with Crippen molar-refractivity contribution in [3.05, 3.63) is 0 Å². The Hall–Kier alpha value is -0.370. The van der Waals surface area contributed by atoms with Crippen molar-refractivity contribution in [1.82, 2.24) is 5.32 Å². The van der Waals surface area contributed by atoms with Gasteiger partial charge in [0.2, 0.25) is 0 Å². The molecule has 76 valence electrons. The molecule has 2 nitrogen and oxygen atoms in total. The summed E-state index contributed by atoms with van der Waals surface area (Å²) in [5, 5.41) is 3.43. The summed E-state index contributed by atoms with van der Waals surface area (Å²) in [5.41, 5.74) is 0.318. The van der Waals surface area contributed by atoms with Gasteiger partial charge in [-0.1, -0.05) is 27.7 Å². The number of nitrogens with one attached hydrogen (secondary N) is 1. The third-order valence-electron chi connectivity index (χ3n) is 2.57. The molecule has 0 amide bonds. The number of carbonyl (C=O) groups is 1. The van der Waals surface area contributed by atoms with E-state index in [1.807, 2.05) is 6.92 Å². The fraction of sp³-hybridized carbons (Fsp3) is 0.909. The quantitative estimate of drug-likeness (QED) is 0.673. The summed E-state index contributed by atoms with van der Waals surface area (Å²) in [6, 6.07) is 0.406. The molecule has 2 atom stereocenters. The standard InChI is InChI=1S/C11H21NO/c1-8-7-12-9(5-10(8)13)6-11(2,3)4/h8-9,12H,5-7H2,1-4H3. The minimum absolute atomic E-state index is 0.219. The van der Waals surface area contributed by atoms with E-state index in [0.717, 1.165) is 19.4 Å². The second-order valence-electron chi connectivity index (χ2n) is 5.44. The van der Waals surface area contributed by atoms with E-state index < -0.39 is 0 Å². The summed E-state index contributed by atoms with van der Waals surface area (Å²) in [4.78, 5) is 11.5. The first-order valence-electron chi connectivity index (χ1n) is 5.14. The third kappa shape index (κ3) is 3.47. The molecule has 1 aliphatic heterocycles. The first-order chi connectivity index (χ1) is 5.88. The van der Waals surface area contributed by atoms with Crippen molar-refractivity contribution in [3.63, 3.8) is 0 Å². The van der Waals surface area contributed by atoms with Crippen LogP contribution in [-0.4, -0.2) is 18.4 Å². The zero-order valence-electron chi connectivity index (χ0n) is 9.18. The molecule has 1 aliphatic rings. The lowest BCUT2D eigenvalue weighted by atomic mass is 9.83. The molecular weight excluding hydrogens is 162 g/mol. The molecular formula is C11H21NO. The molecule has 0 aromatic rings. The maximum absolute atomic E-state index is 11.5. The van der Waals surface area contributed by atoms with Crippen molar-refractivity contribution in [1.29, 1.82) is 0 Å². The fourth-order valence-electron chi connectivity index (χ4n) is 1.86. The number of hydrogen-bond acceptors (Lipinski definition) is 2. The fourth-order valence-corrected chi connectivity index (χ4v) is 1.86. The highest BCUT2D eigenvalue weighted by Crippen LogP contribution is 2.24. The van der Waals surface area contributed by atoms with Gasteiger partial charge in [0.1, 0.15) is 5.78 Å². The summed E-state index contributed by atoms with van der Waals surface area (Å²) in [6.07, 6.45) is 1.81. The van der Waals surface area contributed by atoms with Crippen LogP contribution in [0.15, 0.2) is 0 Å². The average Bonchev–Trinajstić information content (AvgIpc) is 1.94. The van der Waals surface area contributed by atoms with E-state index in [0.29, 0.717) is 17.2 Å². The Morgan fingerprint density at radius 3 is 2.54 bits per heavy atom. The molecule has 0 aromatic heterocycles. The first kappa shape index (κ1) is 10.7. The van der Waals surface area contributed by atoms with Gasteiger partial charge in [-0.05, 0) is 11.8 Å². The van der Waals surface area contributed by atoms with E-state index in [1.54, 1.807) is 0 Å². The Morgan fingerprint density at radius 2 is 2.08 bits per heavy atom. The smallest absolute Gasteiger partial charge is 0.138 e. The second kappa shape index (κ2) is 3.79. The predicted octanol–water partition coefficient (Wildman–Crippen LogP) is 1.99. The van der Waals surface area contributed by atoms with E-state index in [2.05, 4.69) is 26.1 Å². The number of hydrogen-bond donors (Lipinski definition) is 1. The van der Waals surface area contributed by atoms with Gasteiger partial charge in [-0.2, -0.15) is 0 Å². The van der Waals surface area contributed by atoms with Crippen LogP contribution in [0.1, 0.15) is 40.5 Å². The molecule has 0 bridgehead atoms. The monoisotopic (exact) mass is 183 g/mol. The minimum atomic E-state index is 0.219. The topological polar surface area (TPSA) is 29.1 Å². The van der Waals surface area contributed by atoms with Crippen LogP contribution in [0.5, 0.6) is 0 Å². The summed E-state index contributed by atoms with van der Waals surface area (Å²) < 4.78 is 0. The maximum Gasteiger partial charge on any atom is 0.138 e. The molecule has 1 heterocycles. The number of piperidine rings is 1. The van der Waals surface area contributed by atoms with Gasteiger partial charge in [-0.15, -0.1) is 0 Å². The van der Waals surface area contributed by atoms with Gasteiger partial charge in [0.15, 0.2) is 0 Å². The summed E-state index contributed by atoms with van der Waals surface area (Å²) >= 11 is 0. The number of rotatable bonds is 1. The largest absolute Gasteiger partial charge is 0.313 e. The summed E-state index contributed by atoms with van der Waals surface area (Å²) in [5.74, 6) is 0.643. The minimum Gasteiger partial charge on any atom is -0.313 e. The van der Waals surface area contributed by atoms with E-state index in [1.165, 1.54) is 0 Å². The lowest BCUT2D eigenvalue weighted by molar-refractivity contribution is -0.124.